The normalized spacial score (nSPS) is 14.4. The molecule has 1 aliphatic heterocycles. The van der Waals surface area contributed by atoms with Gasteiger partial charge in [0, 0.05) is 31.5 Å². The van der Waals surface area contributed by atoms with Crippen LogP contribution in [0, 0.1) is 0 Å². The van der Waals surface area contributed by atoms with E-state index in [0.29, 0.717) is 11.6 Å². The summed E-state index contributed by atoms with van der Waals surface area (Å²) in [5, 5.41) is 3.07. The van der Waals surface area contributed by atoms with Crippen molar-refractivity contribution in [1.29, 1.82) is 0 Å². The van der Waals surface area contributed by atoms with Gasteiger partial charge >= 0.3 is 13.6 Å². The predicted molar refractivity (Wildman–Crippen MR) is 99.4 cm³/mol. The van der Waals surface area contributed by atoms with Crippen LogP contribution < -0.4 is 5.32 Å². The van der Waals surface area contributed by atoms with E-state index in [4.69, 9.17) is 14.6 Å². The lowest BCUT2D eigenvalue weighted by molar-refractivity contribution is -0.172. The third-order valence-corrected chi connectivity index (χ3v) is 4.88. The number of rotatable bonds is 9. The minimum Gasteiger partial charge on any atom is -0.351 e. The van der Waals surface area contributed by atoms with E-state index < -0.39 is 37.6 Å². The van der Waals surface area contributed by atoms with Crippen LogP contribution in [0.5, 0.6) is 0 Å². The minimum absolute atomic E-state index is 0.00512. The molecular formula is C17H22N3O8P. The molecule has 0 unspecified atom stereocenters. The number of carbonyl (C=O) groups excluding carboxylic acids is 4. The summed E-state index contributed by atoms with van der Waals surface area (Å²) in [4.78, 5) is 71.4. The monoisotopic (exact) mass is 427 g/mol. The van der Waals surface area contributed by atoms with Gasteiger partial charge in [-0.1, -0.05) is 6.92 Å². The van der Waals surface area contributed by atoms with Crippen molar-refractivity contribution in [2.24, 2.45) is 0 Å². The van der Waals surface area contributed by atoms with E-state index >= 15 is 0 Å². The number of benzene rings is 1. The highest BCUT2D eigenvalue weighted by atomic mass is 31.2. The van der Waals surface area contributed by atoms with Crippen LogP contribution in [0.2, 0.25) is 0 Å². The number of hydrogen-bond acceptors (Lipinski definition) is 7. The third kappa shape index (κ3) is 6.75. The summed E-state index contributed by atoms with van der Waals surface area (Å²) >= 11 is 0. The quantitative estimate of drug-likeness (QED) is 0.368. The lowest BCUT2D eigenvalue weighted by Gasteiger charge is -2.20. The molecule has 0 spiro atoms. The van der Waals surface area contributed by atoms with Gasteiger partial charge in [0.25, 0.3) is 17.7 Å². The number of hydrogen-bond donors (Lipinski definition) is 3. The summed E-state index contributed by atoms with van der Waals surface area (Å²) in [6.45, 7) is 2.60. The standard InChI is InChI=1S/C17H22N3O8P/c1-2-19(11-29(25,26)27)10-9-18-16(23)12-3-5-13(6-4-12)17(24)28-20-14(21)7-8-15(20)22/h3-6H,2,7-11H2,1H3,(H,18,23)(H2,25,26,27). The Kier molecular flexibility index (Phi) is 7.63. The molecule has 1 aromatic rings. The number of nitrogens with one attached hydrogen (secondary N) is 1. The van der Waals surface area contributed by atoms with E-state index in [-0.39, 0.29) is 37.1 Å². The van der Waals surface area contributed by atoms with E-state index in [9.17, 15) is 23.7 Å². The zero-order valence-corrected chi connectivity index (χ0v) is 16.6. The first-order chi connectivity index (χ1) is 13.6. The predicted octanol–water partition coefficient (Wildman–Crippen LogP) is 0.0943. The fraction of sp³-hybridized carbons (Fsp3) is 0.412. The van der Waals surface area contributed by atoms with E-state index in [1.165, 1.54) is 29.2 Å². The van der Waals surface area contributed by atoms with Crippen molar-refractivity contribution in [2.45, 2.75) is 19.8 Å². The largest absolute Gasteiger partial charge is 0.363 e. The number of hydroxylamine groups is 2. The van der Waals surface area contributed by atoms with Gasteiger partial charge in [0.1, 0.15) is 6.29 Å². The number of likely N-dealkylation sites (N-methyl/N-ethyl adjacent to an activating group) is 1. The molecule has 1 saturated heterocycles. The summed E-state index contributed by atoms with van der Waals surface area (Å²) in [7, 11) is -4.17. The average Bonchev–Trinajstić information content (AvgIpc) is 2.98. The lowest BCUT2D eigenvalue weighted by atomic mass is 10.1. The SMILES string of the molecule is CCN(CCNC(=O)c1ccc(C(=O)ON2C(=O)CCC2=O)cc1)CP(=O)(O)O. The van der Waals surface area contributed by atoms with E-state index in [1.54, 1.807) is 6.92 Å². The minimum atomic E-state index is -4.17. The second-order valence-corrected chi connectivity index (χ2v) is 7.92. The van der Waals surface area contributed by atoms with Gasteiger partial charge in [-0.05, 0) is 30.8 Å². The maximum Gasteiger partial charge on any atom is 0.363 e. The maximum absolute atomic E-state index is 12.1. The Labute approximate surface area is 166 Å². The van der Waals surface area contributed by atoms with Crippen LogP contribution in [0.25, 0.3) is 0 Å². The van der Waals surface area contributed by atoms with Gasteiger partial charge in [-0.2, -0.15) is 0 Å². The van der Waals surface area contributed by atoms with Crippen molar-refractivity contribution in [3.05, 3.63) is 35.4 Å². The fourth-order valence-corrected chi connectivity index (χ4v) is 3.43. The number of imide groups is 1. The summed E-state index contributed by atoms with van der Waals surface area (Å²) in [5.41, 5.74) is 0.320. The Morgan fingerprint density at radius 2 is 1.69 bits per heavy atom. The smallest absolute Gasteiger partial charge is 0.351 e. The lowest BCUT2D eigenvalue weighted by Crippen LogP contribution is -2.35. The highest BCUT2D eigenvalue weighted by molar-refractivity contribution is 7.51. The third-order valence-electron chi connectivity index (χ3n) is 4.11. The van der Waals surface area contributed by atoms with E-state index in [1.807, 2.05) is 0 Å². The van der Waals surface area contributed by atoms with Gasteiger partial charge in [0.2, 0.25) is 0 Å². The van der Waals surface area contributed by atoms with Crippen molar-refractivity contribution in [3.8, 4) is 0 Å². The molecule has 1 fully saturated rings. The van der Waals surface area contributed by atoms with Crippen molar-refractivity contribution >= 4 is 31.3 Å². The van der Waals surface area contributed by atoms with Crippen LogP contribution >= 0.6 is 7.60 Å². The molecule has 0 saturated carbocycles. The second kappa shape index (κ2) is 9.75. The first-order valence-corrected chi connectivity index (χ1v) is 10.6. The van der Waals surface area contributed by atoms with Gasteiger partial charge < -0.3 is 19.9 Å². The average molecular weight is 427 g/mol. The molecule has 0 atom stereocenters. The summed E-state index contributed by atoms with van der Waals surface area (Å²) in [6.07, 6.45) is -0.401. The van der Waals surface area contributed by atoms with E-state index in [2.05, 4.69) is 5.32 Å². The second-order valence-electron chi connectivity index (χ2n) is 6.31. The highest BCUT2D eigenvalue weighted by Crippen LogP contribution is 2.34. The molecule has 0 aliphatic carbocycles. The van der Waals surface area contributed by atoms with Gasteiger partial charge in [0.05, 0.1) is 5.56 Å². The topological polar surface area (TPSA) is 154 Å². The molecule has 3 N–H and O–H groups in total. The van der Waals surface area contributed by atoms with Crippen LogP contribution in [0.15, 0.2) is 24.3 Å². The van der Waals surface area contributed by atoms with Crippen LogP contribution in [0.1, 0.15) is 40.5 Å². The molecule has 1 aliphatic rings. The molecule has 158 valence electrons. The van der Waals surface area contributed by atoms with Crippen molar-refractivity contribution < 1.29 is 38.4 Å². The molecule has 0 radical (unpaired) electrons. The first-order valence-electron chi connectivity index (χ1n) is 8.84. The van der Waals surface area contributed by atoms with Gasteiger partial charge in [-0.25, -0.2) is 4.79 Å². The van der Waals surface area contributed by atoms with Crippen molar-refractivity contribution in [1.82, 2.24) is 15.3 Å². The Balaban J connectivity index is 1.86. The zero-order valence-electron chi connectivity index (χ0n) is 15.7. The summed E-state index contributed by atoms with van der Waals surface area (Å²) in [6, 6.07) is 5.42. The number of carbonyl (C=O) groups is 4. The van der Waals surface area contributed by atoms with Gasteiger partial charge in [-0.3, -0.25) is 23.8 Å². The molecule has 3 amide bonds. The zero-order chi connectivity index (χ0) is 21.6. The Bertz CT molecular complexity index is 820. The van der Waals surface area contributed by atoms with Crippen molar-refractivity contribution in [3.63, 3.8) is 0 Å². The molecular weight excluding hydrogens is 405 g/mol. The molecule has 12 heteroatoms. The Hall–Kier alpha value is -2.59. The molecule has 0 bridgehead atoms. The molecule has 0 aromatic heterocycles. The van der Waals surface area contributed by atoms with Crippen LogP contribution in [0.4, 0.5) is 0 Å². The molecule has 29 heavy (non-hydrogen) atoms. The van der Waals surface area contributed by atoms with Gasteiger partial charge in [-0.15, -0.1) is 5.06 Å². The summed E-state index contributed by atoms with van der Waals surface area (Å²) in [5.74, 6) is -2.49. The maximum atomic E-state index is 12.1. The number of amides is 3. The van der Waals surface area contributed by atoms with Crippen LogP contribution in [-0.4, -0.2) is 69.4 Å². The molecule has 2 rings (SSSR count). The van der Waals surface area contributed by atoms with E-state index in [0.717, 1.165) is 0 Å². The number of nitrogens with zero attached hydrogens (tertiary/aromatic N) is 2. The van der Waals surface area contributed by atoms with Crippen molar-refractivity contribution in [2.75, 3.05) is 25.9 Å². The van der Waals surface area contributed by atoms with Crippen LogP contribution in [0.3, 0.4) is 0 Å². The molecule has 1 heterocycles. The fourth-order valence-electron chi connectivity index (χ4n) is 2.57. The highest BCUT2D eigenvalue weighted by Gasteiger charge is 2.33. The summed E-state index contributed by atoms with van der Waals surface area (Å²) < 4.78 is 11.0. The Morgan fingerprint density at radius 1 is 1.14 bits per heavy atom. The molecule has 11 nitrogen and oxygen atoms in total. The first kappa shape index (κ1) is 22.7. The Morgan fingerprint density at radius 3 is 2.21 bits per heavy atom. The van der Waals surface area contributed by atoms with Crippen LogP contribution in [-0.2, 0) is 19.0 Å². The molecule has 1 aromatic carbocycles. The van der Waals surface area contributed by atoms with Gasteiger partial charge in [0.15, 0.2) is 0 Å².